The van der Waals surface area contributed by atoms with Gasteiger partial charge in [0.15, 0.2) is 5.96 Å². The summed E-state index contributed by atoms with van der Waals surface area (Å²) >= 11 is 0. The number of hydrogen-bond acceptors (Lipinski definition) is 4. The lowest BCUT2D eigenvalue weighted by atomic mass is 10.2. The van der Waals surface area contributed by atoms with Crippen LogP contribution < -0.4 is 15.4 Å². The van der Waals surface area contributed by atoms with Gasteiger partial charge >= 0.3 is 0 Å². The van der Waals surface area contributed by atoms with Crippen LogP contribution in [-0.2, 0) is 17.9 Å². The van der Waals surface area contributed by atoms with Gasteiger partial charge in [0, 0.05) is 32.5 Å². The second-order valence-corrected chi connectivity index (χ2v) is 5.39. The summed E-state index contributed by atoms with van der Waals surface area (Å²) in [5.41, 5.74) is 2.16. The molecule has 2 N–H and O–H groups in total. The van der Waals surface area contributed by atoms with E-state index < -0.39 is 0 Å². The third-order valence-corrected chi connectivity index (χ3v) is 3.39. The second kappa shape index (κ2) is 11.0. The van der Waals surface area contributed by atoms with Gasteiger partial charge in [-0.05, 0) is 24.1 Å². The highest BCUT2D eigenvalue weighted by atomic mass is 16.5. The molecular formula is C19H26N4O2. The van der Waals surface area contributed by atoms with Crippen molar-refractivity contribution >= 4 is 5.96 Å². The molecular weight excluding hydrogens is 316 g/mol. The Balaban J connectivity index is 1.91. The minimum Gasteiger partial charge on any atom is -0.473 e. The number of rotatable bonds is 9. The van der Waals surface area contributed by atoms with E-state index in [0.29, 0.717) is 32.2 Å². The zero-order valence-electron chi connectivity index (χ0n) is 14.9. The smallest absolute Gasteiger partial charge is 0.213 e. The number of nitrogens with zero attached hydrogens (tertiary/aromatic N) is 2. The van der Waals surface area contributed by atoms with Gasteiger partial charge in [0.2, 0.25) is 5.88 Å². The molecule has 6 heteroatoms. The van der Waals surface area contributed by atoms with Crippen LogP contribution in [-0.4, -0.2) is 37.7 Å². The minimum atomic E-state index is 0.502. The molecule has 0 aliphatic carbocycles. The highest BCUT2D eigenvalue weighted by Gasteiger charge is 2.01. The lowest BCUT2D eigenvalue weighted by Gasteiger charge is -2.11. The first-order valence-corrected chi connectivity index (χ1v) is 8.44. The van der Waals surface area contributed by atoms with Gasteiger partial charge < -0.3 is 20.1 Å². The first kappa shape index (κ1) is 18.7. The van der Waals surface area contributed by atoms with Crippen molar-refractivity contribution in [3.05, 3.63) is 59.8 Å². The number of benzene rings is 1. The van der Waals surface area contributed by atoms with Crippen LogP contribution in [0.25, 0.3) is 0 Å². The topological polar surface area (TPSA) is 67.8 Å². The molecule has 0 bridgehead atoms. The third-order valence-electron chi connectivity index (χ3n) is 3.39. The van der Waals surface area contributed by atoms with E-state index in [1.54, 1.807) is 13.3 Å². The quantitative estimate of drug-likeness (QED) is 0.416. The number of nitrogens with one attached hydrogen (secondary N) is 2. The van der Waals surface area contributed by atoms with E-state index >= 15 is 0 Å². The Hall–Kier alpha value is -2.60. The van der Waals surface area contributed by atoms with Crippen LogP contribution in [0.4, 0.5) is 0 Å². The summed E-state index contributed by atoms with van der Waals surface area (Å²) in [6, 6.07) is 13.9. The molecule has 0 aliphatic rings. The summed E-state index contributed by atoms with van der Waals surface area (Å²) in [4.78, 5) is 8.83. The lowest BCUT2D eigenvalue weighted by molar-refractivity contribution is 0.203. The van der Waals surface area contributed by atoms with Gasteiger partial charge in [-0.1, -0.05) is 30.3 Å². The summed E-state index contributed by atoms with van der Waals surface area (Å²) in [5.74, 6) is 1.37. The Labute approximate surface area is 149 Å². The van der Waals surface area contributed by atoms with Gasteiger partial charge in [0.1, 0.15) is 6.61 Å². The summed E-state index contributed by atoms with van der Waals surface area (Å²) in [5, 5.41) is 6.43. The second-order valence-electron chi connectivity index (χ2n) is 5.39. The molecule has 134 valence electrons. The number of guanidine groups is 1. The molecule has 0 saturated heterocycles. The maximum absolute atomic E-state index is 5.76. The molecule has 0 radical (unpaired) electrons. The largest absolute Gasteiger partial charge is 0.473 e. The lowest BCUT2D eigenvalue weighted by Crippen LogP contribution is -2.38. The van der Waals surface area contributed by atoms with E-state index in [1.807, 2.05) is 49.4 Å². The van der Waals surface area contributed by atoms with Crippen molar-refractivity contribution in [3.8, 4) is 5.88 Å². The first-order valence-electron chi connectivity index (χ1n) is 8.44. The summed E-state index contributed by atoms with van der Waals surface area (Å²) in [6.45, 7) is 5.24. The van der Waals surface area contributed by atoms with Crippen molar-refractivity contribution in [2.45, 2.75) is 20.1 Å². The van der Waals surface area contributed by atoms with E-state index in [2.05, 4.69) is 20.6 Å². The first-order chi connectivity index (χ1) is 12.3. The van der Waals surface area contributed by atoms with Crippen LogP contribution in [0.5, 0.6) is 5.88 Å². The van der Waals surface area contributed by atoms with Crippen LogP contribution in [0.15, 0.2) is 53.7 Å². The van der Waals surface area contributed by atoms with Crippen LogP contribution in [0.2, 0.25) is 0 Å². The molecule has 6 nitrogen and oxygen atoms in total. The zero-order chi connectivity index (χ0) is 17.7. The molecule has 2 aromatic rings. The third kappa shape index (κ3) is 7.22. The maximum atomic E-state index is 5.76. The normalized spacial score (nSPS) is 11.2. The Morgan fingerprint density at radius 1 is 1.12 bits per heavy atom. The predicted octanol–water partition coefficient (Wildman–Crippen LogP) is 2.36. The van der Waals surface area contributed by atoms with E-state index in [-0.39, 0.29) is 0 Å². The van der Waals surface area contributed by atoms with Crippen molar-refractivity contribution in [2.24, 2.45) is 4.99 Å². The average Bonchev–Trinajstić information content (AvgIpc) is 2.66. The van der Waals surface area contributed by atoms with Crippen molar-refractivity contribution < 1.29 is 9.47 Å². The molecule has 0 spiro atoms. The van der Waals surface area contributed by atoms with E-state index in [9.17, 15) is 0 Å². The molecule has 1 heterocycles. The molecule has 0 amide bonds. The van der Waals surface area contributed by atoms with E-state index in [4.69, 9.17) is 9.47 Å². The number of aliphatic imine (C=N–C) groups is 1. The fraction of sp³-hybridized carbons (Fsp3) is 0.368. The van der Waals surface area contributed by atoms with Crippen molar-refractivity contribution in [2.75, 3.05) is 26.8 Å². The van der Waals surface area contributed by atoms with Crippen LogP contribution in [0, 0.1) is 0 Å². The Kier molecular flexibility index (Phi) is 8.27. The van der Waals surface area contributed by atoms with Gasteiger partial charge in [-0.25, -0.2) is 9.98 Å². The van der Waals surface area contributed by atoms with Gasteiger partial charge in [0.25, 0.3) is 0 Å². The number of hydrogen-bond donors (Lipinski definition) is 2. The van der Waals surface area contributed by atoms with E-state index in [1.165, 1.54) is 0 Å². The summed E-state index contributed by atoms with van der Waals surface area (Å²) in [6.07, 6.45) is 1.75. The van der Waals surface area contributed by atoms with Crippen molar-refractivity contribution in [3.63, 3.8) is 0 Å². The SMILES string of the molecule is CCNC(=NCc1ccnc(OCc2ccccc2)c1)NCCOC. The van der Waals surface area contributed by atoms with Crippen molar-refractivity contribution in [1.29, 1.82) is 0 Å². The molecule has 0 fully saturated rings. The van der Waals surface area contributed by atoms with Gasteiger partial charge in [0.05, 0.1) is 13.2 Å². The molecule has 0 atom stereocenters. The standard InChI is InChI=1S/C19H26N4O2/c1-3-20-19(22-11-12-24-2)23-14-17-9-10-21-18(13-17)25-15-16-7-5-4-6-8-16/h4-10,13H,3,11-12,14-15H2,1-2H3,(H2,20,22,23). The van der Waals surface area contributed by atoms with Gasteiger partial charge in [-0.2, -0.15) is 0 Å². The van der Waals surface area contributed by atoms with Gasteiger partial charge in [-0.15, -0.1) is 0 Å². The Bertz CT molecular complexity index is 647. The molecule has 25 heavy (non-hydrogen) atoms. The summed E-state index contributed by atoms with van der Waals surface area (Å²) in [7, 11) is 1.68. The number of pyridine rings is 1. The molecule has 2 rings (SSSR count). The summed E-state index contributed by atoms with van der Waals surface area (Å²) < 4.78 is 10.8. The average molecular weight is 342 g/mol. The molecule has 1 aromatic carbocycles. The minimum absolute atomic E-state index is 0.502. The van der Waals surface area contributed by atoms with Crippen molar-refractivity contribution in [1.82, 2.24) is 15.6 Å². The van der Waals surface area contributed by atoms with Gasteiger partial charge in [-0.3, -0.25) is 0 Å². The maximum Gasteiger partial charge on any atom is 0.213 e. The van der Waals surface area contributed by atoms with Crippen LogP contribution in [0.3, 0.4) is 0 Å². The number of ether oxygens (including phenoxy) is 2. The molecule has 0 aliphatic heterocycles. The van der Waals surface area contributed by atoms with E-state index in [0.717, 1.165) is 23.6 Å². The highest BCUT2D eigenvalue weighted by Crippen LogP contribution is 2.12. The number of aromatic nitrogens is 1. The fourth-order valence-corrected chi connectivity index (χ4v) is 2.14. The molecule has 1 aromatic heterocycles. The monoisotopic (exact) mass is 342 g/mol. The fourth-order valence-electron chi connectivity index (χ4n) is 2.14. The Morgan fingerprint density at radius 2 is 1.96 bits per heavy atom. The number of methoxy groups -OCH3 is 1. The predicted molar refractivity (Wildman–Crippen MR) is 99.7 cm³/mol. The molecule has 0 unspecified atom stereocenters. The highest BCUT2D eigenvalue weighted by molar-refractivity contribution is 5.79. The van der Waals surface area contributed by atoms with Crippen LogP contribution >= 0.6 is 0 Å². The zero-order valence-corrected chi connectivity index (χ0v) is 14.9. The Morgan fingerprint density at radius 3 is 2.72 bits per heavy atom. The van der Waals surface area contributed by atoms with Crippen LogP contribution in [0.1, 0.15) is 18.1 Å². The molecule has 0 saturated carbocycles.